The van der Waals surface area contributed by atoms with E-state index in [-0.39, 0.29) is 12.5 Å². The van der Waals surface area contributed by atoms with E-state index in [2.05, 4.69) is 4.98 Å². The highest BCUT2D eigenvalue weighted by Crippen LogP contribution is 2.25. The average molecular weight is 291 g/mol. The lowest BCUT2D eigenvalue weighted by Crippen LogP contribution is -2.38. The summed E-state index contributed by atoms with van der Waals surface area (Å²) in [4.78, 5) is 16.7. The maximum atomic E-state index is 13.5. The van der Waals surface area contributed by atoms with Crippen molar-refractivity contribution in [3.63, 3.8) is 0 Å². The lowest BCUT2D eigenvalue weighted by molar-refractivity contribution is -0.128. The standard InChI is InChI=1S/C12H13F4N3O/c1-18(6-7(20)19-4-2-3-5-19)10-8(13)11(15)17-12(16)9(10)14/h2-6H2,1H3. The number of pyridine rings is 1. The molecule has 0 aromatic carbocycles. The van der Waals surface area contributed by atoms with Crippen LogP contribution in [0.25, 0.3) is 0 Å². The number of carbonyl (C=O) groups excluding carboxylic acids is 1. The molecule has 0 spiro atoms. The number of carbonyl (C=O) groups is 1. The van der Waals surface area contributed by atoms with Crippen molar-refractivity contribution in [1.29, 1.82) is 0 Å². The largest absolute Gasteiger partial charge is 0.360 e. The lowest BCUT2D eigenvalue weighted by Gasteiger charge is -2.23. The molecule has 0 N–H and O–H groups in total. The molecule has 0 unspecified atom stereocenters. The minimum atomic E-state index is -1.74. The second-order valence-corrected chi connectivity index (χ2v) is 4.61. The summed E-state index contributed by atoms with van der Waals surface area (Å²) in [5.41, 5.74) is -0.928. The second-order valence-electron chi connectivity index (χ2n) is 4.61. The molecule has 1 fully saturated rings. The SMILES string of the molecule is CN(CC(=O)N1CCCC1)c1c(F)c(F)nc(F)c1F. The zero-order valence-corrected chi connectivity index (χ0v) is 10.8. The number of anilines is 1. The summed E-state index contributed by atoms with van der Waals surface area (Å²) >= 11 is 0. The molecule has 8 heteroatoms. The molecule has 1 aromatic heterocycles. The molecule has 2 rings (SSSR count). The third-order valence-corrected chi connectivity index (χ3v) is 3.19. The normalized spacial score (nSPS) is 14.8. The van der Waals surface area contributed by atoms with E-state index >= 15 is 0 Å². The molecule has 0 bridgehead atoms. The van der Waals surface area contributed by atoms with Gasteiger partial charge in [0.15, 0.2) is 0 Å². The van der Waals surface area contributed by atoms with Gasteiger partial charge < -0.3 is 9.80 Å². The van der Waals surface area contributed by atoms with Crippen LogP contribution in [0.2, 0.25) is 0 Å². The average Bonchev–Trinajstić information content (AvgIpc) is 2.90. The van der Waals surface area contributed by atoms with Gasteiger partial charge in [0, 0.05) is 20.1 Å². The van der Waals surface area contributed by atoms with Crippen molar-refractivity contribution >= 4 is 11.6 Å². The monoisotopic (exact) mass is 291 g/mol. The molecule has 20 heavy (non-hydrogen) atoms. The molecule has 2 heterocycles. The number of likely N-dealkylation sites (N-methyl/N-ethyl adjacent to an activating group) is 1. The van der Waals surface area contributed by atoms with Crippen LogP contribution >= 0.6 is 0 Å². The van der Waals surface area contributed by atoms with Crippen molar-refractivity contribution in [2.45, 2.75) is 12.8 Å². The van der Waals surface area contributed by atoms with Crippen LogP contribution in [0.3, 0.4) is 0 Å². The first kappa shape index (κ1) is 14.5. The van der Waals surface area contributed by atoms with Gasteiger partial charge in [-0.2, -0.15) is 22.5 Å². The Morgan fingerprint density at radius 2 is 1.65 bits per heavy atom. The van der Waals surface area contributed by atoms with E-state index < -0.39 is 29.2 Å². The van der Waals surface area contributed by atoms with Crippen LogP contribution in [0.4, 0.5) is 23.2 Å². The van der Waals surface area contributed by atoms with Crippen LogP contribution in [-0.2, 0) is 4.79 Å². The maximum Gasteiger partial charge on any atom is 0.253 e. The molecule has 4 nitrogen and oxygen atoms in total. The molecule has 0 atom stereocenters. The van der Waals surface area contributed by atoms with Gasteiger partial charge in [-0.15, -0.1) is 0 Å². The van der Waals surface area contributed by atoms with E-state index in [1.807, 2.05) is 0 Å². The highest BCUT2D eigenvalue weighted by Gasteiger charge is 2.26. The van der Waals surface area contributed by atoms with Gasteiger partial charge in [-0.25, -0.2) is 0 Å². The zero-order valence-electron chi connectivity index (χ0n) is 10.8. The molecule has 0 radical (unpaired) electrons. The quantitative estimate of drug-likeness (QED) is 0.628. The Kier molecular flexibility index (Phi) is 4.10. The van der Waals surface area contributed by atoms with Gasteiger partial charge in [-0.05, 0) is 12.8 Å². The van der Waals surface area contributed by atoms with E-state index in [4.69, 9.17) is 0 Å². The Balaban J connectivity index is 2.20. The smallest absolute Gasteiger partial charge is 0.253 e. The third-order valence-electron chi connectivity index (χ3n) is 3.19. The minimum absolute atomic E-state index is 0.346. The lowest BCUT2D eigenvalue weighted by atomic mass is 10.3. The molecule has 1 aromatic rings. The number of likely N-dealkylation sites (tertiary alicyclic amines) is 1. The van der Waals surface area contributed by atoms with Crippen molar-refractivity contribution in [2.75, 3.05) is 31.6 Å². The van der Waals surface area contributed by atoms with Gasteiger partial charge in [-0.1, -0.05) is 0 Å². The van der Waals surface area contributed by atoms with Crippen LogP contribution < -0.4 is 4.90 Å². The highest BCUT2D eigenvalue weighted by molar-refractivity contribution is 5.81. The molecule has 110 valence electrons. The van der Waals surface area contributed by atoms with Gasteiger partial charge in [0.05, 0.1) is 6.54 Å². The summed E-state index contributed by atoms with van der Waals surface area (Å²) in [6.45, 7) is 0.796. The van der Waals surface area contributed by atoms with Gasteiger partial charge in [0.2, 0.25) is 17.5 Å². The number of hydrogen-bond acceptors (Lipinski definition) is 3. The minimum Gasteiger partial charge on any atom is -0.360 e. The summed E-state index contributed by atoms with van der Waals surface area (Å²) < 4.78 is 53.0. The predicted octanol–water partition coefficient (Wildman–Crippen LogP) is 1.70. The molecule has 1 aliphatic heterocycles. The van der Waals surface area contributed by atoms with Crippen LogP contribution in [-0.4, -0.2) is 42.5 Å². The van der Waals surface area contributed by atoms with Crippen molar-refractivity contribution in [2.24, 2.45) is 0 Å². The number of rotatable bonds is 3. The van der Waals surface area contributed by atoms with Crippen LogP contribution in [0.1, 0.15) is 12.8 Å². The van der Waals surface area contributed by atoms with Crippen molar-refractivity contribution in [3.05, 3.63) is 23.5 Å². The summed E-state index contributed by atoms with van der Waals surface area (Å²) in [5.74, 6) is -7.04. The van der Waals surface area contributed by atoms with Crippen LogP contribution in [0.5, 0.6) is 0 Å². The Morgan fingerprint density at radius 1 is 1.15 bits per heavy atom. The molecular weight excluding hydrogens is 278 g/mol. The third kappa shape index (κ3) is 2.68. The Bertz CT molecular complexity index is 506. The van der Waals surface area contributed by atoms with Crippen molar-refractivity contribution in [1.82, 2.24) is 9.88 Å². The number of amides is 1. The summed E-state index contributed by atoms with van der Waals surface area (Å²) in [7, 11) is 1.19. The first-order valence-electron chi connectivity index (χ1n) is 6.10. The molecule has 1 saturated heterocycles. The van der Waals surface area contributed by atoms with E-state index in [1.54, 1.807) is 4.90 Å². The Morgan fingerprint density at radius 3 is 2.15 bits per heavy atom. The van der Waals surface area contributed by atoms with Gasteiger partial charge in [0.25, 0.3) is 11.9 Å². The van der Waals surface area contributed by atoms with Gasteiger partial charge in [0.1, 0.15) is 5.69 Å². The maximum absolute atomic E-state index is 13.5. The molecule has 0 saturated carbocycles. The van der Waals surface area contributed by atoms with Crippen molar-refractivity contribution in [3.8, 4) is 0 Å². The number of halogens is 4. The fourth-order valence-corrected chi connectivity index (χ4v) is 2.16. The van der Waals surface area contributed by atoms with E-state index in [0.29, 0.717) is 13.1 Å². The number of nitrogens with zero attached hydrogens (tertiary/aromatic N) is 3. The summed E-state index contributed by atoms with van der Waals surface area (Å²) in [5, 5.41) is 0. The Labute approximate surface area is 113 Å². The molecular formula is C12H13F4N3O. The Hall–Kier alpha value is -1.86. The van der Waals surface area contributed by atoms with Gasteiger partial charge >= 0.3 is 0 Å². The summed E-state index contributed by atoms with van der Waals surface area (Å²) in [6, 6.07) is 0. The van der Waals surface area contributed by atoms with E-state index in [0.717, 1.165) is 17.7 Å². The second kappa shape index (κ2) is 5.64. The van der Waals surface area contributed by atoms with E-state index in [1.165, 1.54) is 7.05 Å². The van der Waals surface area contributed by atoms with Crippen molar-refractivity contribution < 1.29 is 22.4 Å². The topological polar surface area (TPSA) is 36.4 Å². The highest BCUT2D eigenvalue weighted by atomic mass is 19.2. The zero-order chi connectivity index (χ0) is 14.9. The number of hydrogen-bond donors (Lipinski definition) is 0. The molecule has 1 aliphatic rings. The molecule has 0 aliphatic carbocycles. The van der Waals surface area contributed by atoms with Gasteiger partial charge in [-0.3, -0.25) is 4.79 Å². The fourth-order valence-electron chi connectivity index (χ4n) is 2.16. The van der Waals surface area contributed by atoms with E-state index in [9.17, 15) is 22.4 Å². The fraction of sp³-hybridized carbons (Fsp3) is 0.500. The molecule has 1 amide bonds. The first-order chi connectivity index (χ1) is 9.41. The predicted molar refractivity (Wildman–Crippen MR) is 63.2 cm³/mol. The number of aromatic nitrogens is 1. The van der Waals surface area contributed by atoms with Crippen LogP contribution in [0.15, 0.2) is 0 Å². The summed E-state index contributed by atoms with van der Waals surface area (Å²) in [6.07, 6.45) is 1.74. The first-order valence-corrected chi connectivity index (χ1v) is 6.10. The van der Waals surface area contributed by atoms with Crippen LogP contribution in [0, 0.1) is 23.5 Å².